The Morgan fingerprint density at radius 2 is 1.85 bits per heavy atom. The van der Waals surface area contributed by atoms with E-state index in [0.29, 0.717) is 0 Å². The van der Waals surface area contributed by atoms with Crippen LogP contribution in [0.5, 0.6) is 0 Å². The molecule has 1 atom stereocenters. The zero-order valence-electron chi connectivity index (χ0n) is 11.0. The van der Waals surface area contributed by atoms with Crippen LogP contribution in [0.3, 0.4) is 0 Å². The van der Waals surface area contributed by atoms with Crippen molar-refractivity contribution in [3.05, 3.63) is 35.9 Å². The molecular formula is C11H13NaO7S. The van der Waals surface area contributed by atoms with Crippen LogP contribution in [0.4, 0.5) is 0 Å². The van der Waals surface area contributed by atoms with Crippen molar-refractivity contribution in [2.24, 2.45) is 0 Å². The summed E-state index contributed by atoms with van der Waals surface area (Å²) >= 11 is 0. The Morgan fingerprint density at radius 3 is 2.00 bits per heavy atom. The fourth-order valence-electron chi connectivity index (χ4n) is 0.962. The molecule has 20 heavy (non-hydrogen) atoms. The average Bonchev–Trinajstić information content (AvgIpc) is 2.26. The van der Waals surface area contributed by atoms with Gasteiger partial charge in [0.05, 0.1) is 6.42 Å². The summed E-state index contributed by atoms with van der Waals surface area (Å²) in [7, 11) is -4.84. The van der Waals surface area contributed by atoms with E-state index in [0.717, 1.165) is 0 Å². The molecule has 3 N–H and O–H groups in total. The van der Waals surface area contributed by atoms with Crippen LogP contribution in [0.15, 0.2) is 24.3 Å². The average molecular weight is 312 g/mol. The normalized spacial score (nSPS) is 11.3. The van der Waals surface area contributed by atoms with Crippen LogP contribution in [-0.4, -0.2) is 40.4 Å². The minimum Gasteiger partial charge on any atom is -0.481 e. The number of hydrogen-bond donors (Lipinski definition) is 3. The minimum absolute atomic E-state index is 0. The standard InChI is InChI=1S/C7H7.C4H6O7S.Na/c1-7-5-3-2-4-6-7;5-3(6)1-2(4(7)8)12(9,10)11;/h2-5H,1H3;2H,1H2,(H,5,6)(H,7,8)(H,9,10,11);/q-1;;+1. The summed E-state index contributed by atoms with van der Waals surface area (Å²) in [4.78, 5) is 20.0. The number of benzene rings is 1. The Balaban J connectivity index is 0. The first-order valence-electron chi connectivity index (χ1n) is 4.98. The van der Waals surface area contributed by atoms with E-state index in [2.05, 4.69) is 6.07 Å². The molecular weight excluding hydrogens is 299 g/mol. The number of rotatable bonds is 4. The van der Waals surface area contributed by atoms with E-state index >= 15 is 0 Å². The van der Waals surface area contributed by atoms with Gasteiger partial charge in [-0.25, -0.2) is 0 Å². The molecule has 1 aromatic carbocycles. The Bertz CT molecular complexity index is 527. The molecule has 0 saturated carbocycles. The molecule has 0 aliphatic carbocycles. The first-order valence-corrected chi connectivity index (χ1v) is 6.49. The summed E-state index contributed by atoms with van der Waals surface area (Å²) in [5, 5.41) is 13.9. The van der Waals surface area contributed by atoms with Gasteiger partial charge in [0, 0.05) is 0 Å². The van der Waals surface area contributed by atoms with Crippen LogP contribution in [0.2, 0.25) is 0 Å². The Labute approximate surface area is 138 Å². The molecule has 0 saturated heterocycles. The second-order valence-corrected chi connectivity index (χ2v) is 5.08. The summed E-state index contributed by atoms with van der Waals surface area (Å²) < 4.78 is 28.7. The molecule has 1 rings (SSSR count). The molecule has 106 valence electrons. The van der Waals surface area contributed by atoms with Crippen molar-refractivity contribution in [3.63, 3.8) is 0 Å². The van der Waals surface area contributed by atoms with Gasteiger partial charge in [-0.15, -0.1) is 0 Å². The zero-order valence-corrected chi connectivity index (χ0v) is 13.8. The van der Waals surface area contributed by atoms with Gasteiger partial charge in [-0.1, -0.05) is 6.92 Å². The predicted octanol–water partition coefficient (Wildman–Crippen LogP) is -2.40. The second kappa shape index (κ2) is 9.89. The SMILES string of the molecule is Cc1[c-]cccc1.O=C(O)CC(C(=O)O)S(=O)(=O)O.[Na+]. The maximum Gasteiger partial charge on any atom is 1.00 e. The summed E-state index contributed by atoms with van der Waals surface area (Å²) in [5.74, 6) is -3.50. The molecule has 0 fully saturated rings. The van der Waals surface area contributed by atoms with Crippen LogP contribution in [0.1, 0.15) is 12.0 Å². The number of carboxylic acid groups (broad SMARTS) is 2. The van der Waals surface area contributed by atoms with Gasteiger partial charge in [0.2, 0.25) is 0 Å². The van der Waals surface area contributed by atoms with E-state index in [4.69, 9.17) is 14.8 Å². The van der Waals surface area contributed by atoms with Crippen molar-refractivity contribution >= 4 is 22.1 Å². The molecule has 0 radical (unpaired) electrons. The van der Waals surface area contributed by atoms with Crippen molar-refractivity contribution < 1.29 is 62.3 Å². The van der Waals surface area contributed by atoms with E-state index in [9.17, 15) is 18.0 Å². The number of aliphatic carboxylic acids is 2. The number of carboxylic acids is 2. The molecule has 0 spiro atoms. The number of aryl methyl sites for hydroxylation is 1. The first kappa shape index (κ1) is 21.4. The van der Waals surface area contributed by atoms with E-state index < -0.39 is 33.7 Å². The third kappa shape index (κ3) is 9.93. The van der Waals surface area contributed by atoms with Crippen molar-refractivity contribution in [1.82, 2.24) is 0 Å². The molecule has 0 amide bonds. The topological polar surface area (TPSA) is 129 Å². The van der Waals surface area contributed by atoms with E-state index in [1.807, 2.05) is 31.2 Å². The molecule has 0 aromatic heterocycles. The molecule has 7 nitrogen and oxygen atoms in total. The molecule has 1 unspecified atom stereocenters. The van der Waals surface area contributed by atoms with Crippen LogP contribution >= 0.6 is 0 Å². The fraction of sp³-hybridized carbons (Fsp3) is 0.273. The van der Waals surface area contributed by atoms with Crippen molar-refractivity contribution in [1.29, 1.82) is 0 Å². The van der Waals surface area contributed by atoms with Gasteiger partial charge in [-0.3, -0.25) is 14.1 Å². The van der Waals surface area contributed by atoms with Gasteiger partial charge >= 0.3 is 41.5 Å². The predicted molar refractivity (Wildman–Crippen MR) is 65.2 cm³/mol. The smallest absolute Gasteiger partial charge is 0.481 e. The minimum atomic E-state index is -4.84. The Hall–Kier alpha value is -0.930. The van der Waals surface area contributed by atoms with Gasteiger partial charge in [0.1, 0.15) is 0 Å². The Morgan fingerprint density at radius 1 is 1.30 bits per heavy atom. The van der Waals surface area contributed by atoms with Crippen LogP contribution in [0.25, 0.3) is 0 Å². The maximum absolute atomic E-state index is 10.2. The molecule has 9 heteroatoms. The summed E-state index contributed by atoms with van der Waals surface area (Å²) in [6.07, 6.45) is -1.16. The van der Waals surface area contributed by atoms with Gasteiger partial charge in [-0.05, 0) is 0 Å². The van der Waals surface area contributed by atoms with Gasteiger partial charge < -0.3 is 10.2 Å². The maximum atomic E-state index is 10.2. The summed E-state index contributed by atoms with van der Waals surface area (Å²) in [6, 6.07) is 10.9. The molecule has 0 bridgehead atoms. The van der Waals surface area contributed by atoms with Crippen LogP contribution in [-0.2, 0) is 19.7 Å². The van der Waals surface area contributed by atoms with Crippen LogP contribution in [0, 0.1) is 13.0 Å². The second-order valence-electron chi connectivity index (χ2n) is 3.49. The Kier molecular flexibility index (Phi) is 10.6. The van der Waals surface area contributed by atoms with E-state index in [1.165, 1.54) is 5.56 Å². The number of carbonyl (C=O) groups is 2. The quantitative estimate of drug-likeness (QED) is 0.321. The van der Waals surface area contributed by atoms with E-state index in [-0.39, 0.29) is 29.6 Å². The summed E-state index contributed by atoms with van der Waals surface area (Å²) in [5.41, 5.74) is 1.20. The monoisotopic (exact) mass is 312 g/mol. The first-order chi connectivity index (χ1) is 8.64. The van der Waals surface area contributed by atoms with Gasteiger partial charge in [0.15, 0.2) is 5.25 Å². The van der Waals surface area contributed by atoms with Crippen molar-refractivity contribution in [3.8, 4) is 0 Å². The van der Waals surface area contributed by atoms with Crippen molar-refractivity contribution in [2.45, 2.75) is 18.6 Å². The fourth-order valence-corrected chi connectivity index (χ4v) is 1.57. The number of hydrogen-bond acceptors (Lipinski definition) is 4. The summed E-state index contributed by atoms with van der Waals surface area (Å²) in [6.45, 7) is 2.03. The molecule has 1 aromatic rings. The molecule has 0 heterocycles. The zero-order chi connectivity index (χ0) is 15.1. The molecule has 0 aliphatic rings. The third-order valence-corrected chi connectivity index (χ3v) is 2.95. The van der Waals surface area contributed by atoms with Crippen LogP contribution < -0.4 is 29.6 Å². The van der Waals surface area contributed by atoms with E-state index in [1.54, 1.807) is 0 Å². The van der Waals surface area contributed by atoms with Gasteiger partial charge in [-0.2, -0.15) is 44.3 Å². The largest absolute Gasteiger partial charge is 1.00 e. The van der Waals surface area contributed by atoms with Crippen molar-refractivity contribution in [2.75, 3.05) is 0 Å². The molecule has 0 aliphatic heterocycles. The third-order valence-electron chi connectivity index (χ3n) is 1.86. The van der Waals surface area contributed by atoms with Gasteiger partial charge in [0.25, 0.3) is 10.1 Å².